The molecule has 10 N–H and O–H groups in total. The molecule has 8 aliphatic rings. The summed E-state index contributed by atoms with van der Waals surface area (Å²) in [7, 11) is 1.37. The van der Waals surface area contributed by atoms with E-state index < -0.39 is 122 Å². The van der Waals surface area contributed by atoms with E-state index in [-0.39, 0.29) is 49.0 Å². The van der Waals surface area contributed by atoms with E-state index >= 15 is 0 Å². The number of hydrogen-bond donors (Lipinski definition) is 10. The highest BCUT2D eigenvalue weighted by molar-refractivity contribution is 5.85. The second-order valence-electron chi connectivity index (χ2n) is 19.3. The first-order valence-corrected chi connectivity index (χ1v) is 22.0. The predicted octanol–water partition coefficient (Wildman–Crippen LogP) is -2.27. The molecule has 4 heterocycles. The van der Waals surface area contributed by atoms with Crippen LogP contribution in [0.4, 0.5) is 0 Å². The summed E-state index contributed by atoms with van der Waals surface area (Å²) < 4.78 is 46.5. The molecule has 0 bridgehead atoms. The van der Waals surface area contributed by atoms with Crippen molar-refractivity contribution < 1.29 is 93.8 Å². The van der Waals surface area contributed by atoms with Gasteiger partial charge in [-0.05, 0) is 99.4 Å². The highest BCUT2D eigenvalue weighted by atomic mass is 16.8. The van der Waals surface area contributed by atoms with Crippen molar-refractivity contribution in [1.82, 2.24) is 0 Å². The quantitative estimate of drug-likeness (QED) is 0.0774. The fourth-order valence-corrected chi connectivity index (χ4v) is 13.1. The number of carbonyl (C=O) groups is 1. The Hall–Kier alpha value is -1.47. The monoisotopic (exact) mass is 874 g/mol. The van der Waals surface area contributed by atoms with Crippen molar-refractivity contribution in [2.45, 2.75) is 175 Å². The van der Waals surface area contributed by atoms with Gasteiger partial charge >= 0.3 is 5.97 Å². The van der Waals surface area contributed by atoms with Crippen molar-refractivity contribution in [2.75, 3.05) is 33.5 Å². The van der Waals surface area contributed by atoms with Crippen LogP contribution in [0.25, 0.3) is 0 Å². The molecule has 3 saturated heterocycles. The van der Waals surface area contributed by atoms with Crippen LogP contribution in [0.3, 0.4) is 0 Å². The van der Waals surface area contributed by atoms with Gasteiger partial charge in [0.2, 0.25) is 0 Å². The molecule has 0 aromatic rings. The highest BCUT2D eigenvalue weighted by Crippen LogP contribution is 2.70. The number of aliphatic hydroxyl groups excluding tert-OH is 9. The third-order valence-corrected chi connectivity index (χ3v) is 16.5. The molecule has 0 radical (unpaired) electrons. The Morgan fingerprint density at radius 2 is 1.43 bits per heavy atom. The van der Waals surface area contributed by atoms with Gasteiger partial charge in [0, 0.05) is 25.2 Å². The number of rotatable bonds is 11. The Labute approximate surface area is 354 Å². The fraction of sp³-hybridized carbons (Fsp3) is 0.929. The van der Waals surface area contributed by atoms with Crippen molar-refractivity contribution in [3.05, 3.63) is 11.6 Å². The van der Waals surface area contributed by atoms with Crippen LogP contribution in [0.15, 0.2) is 11.6 Å². The summed E-state index contributed by atoms with van der Waals surface area (Å²) in [5.74, 6) is 0.00336. The van der Waals surface area contributed by atoms with Gasteiger partial charge in [-0.1, -0.05) is 6.92 Å². The SMILES string of the molecule is COC1C(O)C(OC2CCC3(CO)C(CCC4C3CCC3(C)C(C5=CC(=O)OC5)CCC43O)C2)OC(C)C1OC1OC(COC2OC(CO)C(O)C(O)C2O)C(O)C(O)C1O. The first-order valence-electron chi connectivity index (χ1n) is 22.0. The molecule has 19 heteroatoms. The van der Waals surface area contributed by atoms with Gasteiger partial charge in [0.1, 0.15) is 73.8 Å². The molecule has 0 aromatic heterocycles. The number of methoxy groups -OCH3 is 1. The lowest BCUT2D eigenvalue weighted by atomic mass is 9.43. The minimum Gasteiger partial charge on any atom is -0.458 e. The number of aliphatic hydroxyl groups is 10. The Morgan fingerprint density at radius 3 is 2.10 bits per heavy atom. The van der Waals surface area contributed by atoms with Crippen molar-refractivity contribution >= 4 is 5.97 Å². The third kappa shape index (κ3) is 7.73. The van der Waals surface area contributed by atoms with Gasteiger partial charge in [-0.3, -0.25) is 0 Å². The van der Waals surface area contributed by atoms with Gasteiger partial charge in [-0.2, -0.15) is 0 Å². The van der Waals surface area contributed by atoms with E-state index in [1.807, 2.05) is 0 Å². The molecule has 4 aliphatic carbocycles. The van der Waals surface area contributed by atoms with E-state index in [0.717, 1.165) is 37.7 Å². The molecule has 23 atom stereocenters. The second-order valence-corrected chi connectivity index (χ2v) is 19.3. The summed E-state index contributed by atoms with van der Waals surface area (Å²) in [6, 6.07) is 0. The minimum absolute atomic E-state index is 0.00116. The number of ether oxygens (including phenoxy) is 8. The maximum absolute atomic E-state index is 12.6. The van der Waals surface area contributed by atoms with Crippen LogP contribution in [-0.4, -0.2) is 194 Å². The molecular weight excluding hydrogens is 808 g/mol. The van der Waals surface area contributed by atoms with Crippen molar-refractivity contribution in [2.24, 2.45) is 34.5 Å². The van der Waals surface area contributed by atoms with Crippen molar-refractivity contribution in [1.29, 1.82) is 0 Å². The Morgan fingerprint density at radius 1 is 0.738 bits per heavy atom. The Kier molecular flexibility index (Phi) is 13.4. The van der Waals surface area contributed by atoms with Gasteiger partial charge in [0.15, 0.2) is 18.9 Å². The zero-order chi connectivity index (χ0) is 43.8. The lowest BCUT2D eigenvalue weighted by Gasteiger charge is -2.64. The molecule has 7 fully saturated rings. The van der Waals surface area contributed by atoms with Crippen LogP contribution in [-0.2, 0) is 42.7 Å². The number of hydrogen-bond acceptors (Lipinski definition) is 19. The van der Waals surface area contributed by atoms with E-state index in [1.165, 1.54) is 7.11 Å². The maximum Gasteiger partial charge on any atom is 0.331 e. The van der Waals surface area contributed by atoms with Crippen LogP contribution in [0.2, 0.25) is 0 Å². The maximum atomic E-state index is 12.6. The summed E-state index contributed by atoms with van der Waals surface area (Å²) in [5, 5.41) is 108. The second kappa shape index (κ2) is 17.7. The van der Waals surface area contributed by atoms with Gasteiger partial charge in [0.25, 0.3) is 0 Å². The first-order chi connectivity index (χ1) is 29.0. The Bertz CT molecular complexity index is 1580. The third-order valence-electron chi connectivity index (χ3n) is 16.5. The normalized spacial score (nSPS) is 53.7. The zero-order valence-electron chi connectivity index (χ0n) is 35.0. The standard InChI is InChI=1S/C42H66O19/c1-18-35(61-38-33(51)31(49)29(47)26(60-38)16-56-37-32(50)30(48)28(46)25(14-43)59-37)36(54-3)34(52)39(57-18)58-21-6-10-41(17-44)20(13-21)4-5-24-23(41)7-9-40(2)22(8-11-42(24,40)53)19-12-27(45)55-15-19/h12,18,20-26,28-39,43-44,46-53H,4-11,13-17H2,1-3H3. The molecule has 0 spiro atoms. The summed E-state index contributed by atoms with van der Waals surface area (Å²) in [6.45, 7) is 2.90. The smallest absolute Gasteiger partial charge is 0.331 e. The molecule has 348 valence electrons. The number of cyclic esters (lactones) is 1. The van der Waals surface area contributed by atoms with Gasteiger partial charge in [-0.15, -0.1) is 0 Å². The molecule has 8 rings (SSSR count). The average molecular weight is 875 g/mol. The predicted molar refractivity (Wildman–Crippen MR) is 204 cm³/mol. The fourth-order valence-electron chi connectivity index (χ4n) is 13.1. The van der Waals surface area contributed by atoms with Gasteiger partial charge in [-0.25, -0.2) is 4.79 Å². The minimum atomic E-state index is -1.79. The molecule has 19 nitrogen and oxygen atoms in total. The van der Waals surface area contributed by atoms with E-state index in [1.54, 1.807) is 13.0 Å². The topological polar surface area (TPSA) is 293 Å². The molecule has 0 amide bonds. The molecule has 0 aromatic carbocycles. The lowest BCUT2D eigenvalue weighted by molar-refractivity contribution is -0.367. The largest absolute Gasteiger partial charge is 0.458 e. The molecular formula is C42H66O19. The number of esters is 1. The molecule has 61 heavy (non-hydrogen) atoms. The highest BCUT2D eigenvalue weighted by Gasteiger charge is 2.68. The summed E-state index contributed by atoms with van der Waals surface area (Å²) >= 11 is 0. The summed E-state index contributed by atoms with van der Waals surface area (Å²) in [5.41, 5.74) is -0.728. The van der Waals surface area contributed by atoms with Crippen molar-refractivity contribution in [3.8, 4) is 0 Å². The average Bonchev–Trinajstić information content (AvgIpc) is 3.80. The summed E-state index contributed by atoms with van der Waals surface area (Å²) in [4.78, 5) is 12.0. The van der Waals surface area contributed by atoms with Crippen LogP contribution in [0.1, 0.15) is 71.6 Å². The Balaban J connectivity index is 0.886. The van der Waals surface area contributed by atoms with Crippen LogP contribution in [0.5, 0.6) is 0 Å². The molecule has 4 saturated carbocycles. The van der Waals surface area contributed by atoms with Crippen LogP contribution >= 0.6 is 0 Å². The first kappa shape index (κ1) is 46.1. The van der Waals surface area contributed by atoms with E-state index in [4.69, 9.17) is 37.9 Å². The van der Waals surface area contributed by atoms with E-state index in [2.05, 4.69) is 6.92 Å². The summed E-state index contributed by atoms with van der Waals surface area (Å²) in [6.07, 6.45) is -13.6. The van der Waals surface area contributed by atoms with Crippen LogP contribution < -0.4 is 0 Å². The zero-order valence-corrected chi connectivity index (χ0v) is 35.0. The number of fused-ring (bicyclic) bond motifs is 5. The van der Waals surface area contributed by atoms with E-state index in [0.29, 0.717) is 25.7 Å². The van der Waals surface area contributed by atoms with Crippen LogP contribution in [0, 0.1) is 34.5 Å². The van der Waals surface area contributed by atoms with Gasteiger partial charge < -0.3 is 89.0 Å². The molecule has 23 unspecified atom stereocenters. The lowest BCUT2D eigenvalue weighted by Crippen LogP contribution is -2.65. The van der Waals surface area contributed by atoms with Gasteiger partial charge in [0.05, 0.1) is 31.0 Å². The number of carbonyl (C=O) groups excluding carboxylic acids is 1. The molecule has 4 aliphatic heterocycles. The van der Waals surface area contributed by atoms with E-state index in [9.17, 15) is 55.9 Å². The van der Waals surface area contributed by atoms with Crippen molar-refractivity contribution in [3.63, 3.8) is 0 Å².